The molecule has 31 heavy (non-hydrogen) atoms. The zero-order valence-corrected chi connectivity index (χ0v) is 17.5. The summed E-state index contributed by atoms with van der Waals surface area (Å²) < 4.78 is 64.1. The third kappa shape index (κ3) is 5.24. The lowest BCUT2D eigenvalue weighted by Crippen LogP contribution is -2.18. The number of carbonyl (C=O) groups is 1. The van der Waals surface area contributed by atoms with Gasteiger partial charge in [-0.1, -0.05) is 29.8 Å². The normalized spacial score (nSPS) is 12.1. The third-order valence-corrected chi connectivity index (χ3v) is 5.58. The predicted octanol–water partition coefficient (Wildman–Crippen LogP) is 3.68. The number of nitrogens with zero attached hydrogens (tertiary/aromatic N) is 2. The number of rotatable bonds is 5. The highest BCUT2D eigenvalue weighted by molar-refractivity contribution is 7.89. The number of alkyl halides is 3. The Morgan fingerprint density at radius 1 is 1.23 bits per heavy atom. The summed E-state index contributed by atoms with van der Waals surface area (Å²) in [7, 11) is -4.36. The second-order valence-corrected chi connectivity index (χ2v) is 8.58. The standard InChI is InChI=1S/C19H16ClF3N4O3S/c1-11-10-27(26-18(11)19(21,22)23)15-7-6-13(9-16(15)31(24,29)30)25-17(28)8-12-4-2-3-5-14(12)20/h2-7,9-10H,8H2,1H3,(H,25,28)(H2,24,29,30). The number of carbonyl (C=O) groups excluding carboxylic acids is 1. The van der Waals surface area contributed by atoms with Gasteiger partial charge in [0.1, 0.15) is 4.90 Å². The fraction of sp³-hybridized carbons (Fsp3) is 0.158. The van der Waals surface area contributed by atoms with Crippen LogP contribution >= 0.6 is 11.6 Å². The smallest absolute Gasteiger partial charge is 0.326 e. The molecule has 3 aromatic rings. The number of primary sulfonamides is 1. The second kappa shape index (κ2) is 8.33. The van der Waals surface area contributed by atoms with Crippen molar-refractivity contribution in [1.82, 2.24) is 9.78 Å². The molecule has 1 heterocycles. The van der Waals surface area contributed by atoms with E-state index in [0.29, 0.717) is 10.6 Å². The first-order valence-electron chi connectivity index (χ1n) is 8.70. The highest BCUT2D eigenvalue weighted by Crippen LogP contribution is 2.32. The molecule has 0 radical (unpaired) electrons. The minimum absolute atomic E-state index is 0.0700. The quantitative estimate of drug-likeness (QED) is 0.590. The number of aromatic nitrogens is 2. The van der Waals surface area contributed by atoms with Crippen molar-refractivity contribution in [3.63, 3.8) is 0 Å². The van der Waals surface area contributed by atoms with Crippen LogP contribution in [0.5, 0.6) is 0 Å². The molecular formula is C19H16ClF3N4O3S. The molecule has 164 valence electrons. The highest BCUT2D eigenvalue weighted by Gasteiger charge is 2.36. The number of hydrogen-bond acceptors (Lipinski definition) is 4. The van der Waals surface area contributed by atoms with Gasteiger partial charge in [0.15, 0.2) is 5.69 Å². The van der Waals surface area contributed by atoms with Crippen molar-refractivity contribution in [2.24, 2.45) is 5.14 Å². The average Bonchev–Trinajstić information content (AvgIpc) is 3.05. The van der Waals surface area contributed by atoms with E-state index in [1.165, 1.54) is 19.1 Å². The van der Waals surface area contributed by atoms with Crippen LogP contribution in [0.25, 0.3) is 5.69 Å². The fourth-order valence-electron chi connectivity index (χ4n) is 2.89. The summed E-state index contributed by atoms with van der Waals surface area (Å²) in [5.41, 5.74) is -0.874. The van der Waals surface area contributed by atoms with E-state index in [1.807, 2.05) is 0 Å². The Morgan fingerprint density at radius 2 is 1.90 bits per heavy atom. The molecular weight excluding hydrogens is 457 g/mol. The van der Waals surface area contributed by atoms with Gasteiger partial charge in [0.2, 0.25) is 15.9 Å². The van der Waals surface area contributed by atoms with E-state index < -0.39 is 32.7 Å². The molecule has 12 heteroatoms. The molecule has 0 aliphatic heterocycles. The third-order valence-electron chi connectivity index (χ3n) is 4.27. The van der Waals surface area contributed by atoms with Gasteiger partial charge in [0.25, 0.3) is 0 Å². The second-order valence-electron chi connectivity index (χ2n) is 6.65. The molecule has 3 N–H and O–H groups in total. The molecule has 3 rings (SSSR count). The SMILES string of the molecule is Cc1cn(-c2ccc(NC(=O)Cc3ccccc3Cl)cc2S(N)(=O)=O)nc1C(F)(F)F. The molecule has 0 aliphatic rings. The minimum atomic E-state index is -4.70. The van der Waals surface area contributed by atoms with Crippen LogP contribution in [0.2, 0.25) is 5.02 Å². The molecule has 0 spiro atoms. The van der Waals surface area contributed by atoms with Gasteiger partial charge in [0.05, 0.1) is 12.1 Å². The molecule has 0 saturated heterocycles. The lowest BCUT2D eigenvalue weighted by Gasteiger charge is -2.12. The lowest BCUT2D eigenvalue weighted by atomic mass is 10.1. The summed E-state index contributed by atoms with van der Waals surface area (Å²) in [4.78, 5) is 11.8. The van der Waals surface area contributed by atoms with Crippen molar-refractivity contribution in [3.05, 3.63) is 70.5 Å². The molecule has 0 saturated carbocycles. The number of nitrogens with two attached hydrogens (primary N) is 1. The van der Waals surface area contributed by atoms with Crippen LogP contribution in [0.15, 0.2) is 53.6 Å². The van der Waals surface area contributed by atoms with Gasteiger partial charge in [0, 0.05) is 16.9 Å². The van der Waals surface area contributed by atoms with Gasteiger partial charge in [-0.15, -0.1) is 0 Å². The van der Waals surface area contributed by atoms with Crippen molar-refractivity contribution in [2.45, 2.75) is 24.4 Å². The van der Waals surface area contributed by atoms with E-state index in [0.717, 1.165) is 16.9 Å². The summed E-state index contributed by atoms with van der Waals surface area (Å²) in [6.07, 6.45) is -3.73. The minimum Gasteiger partial charge on any atom is -0.326 e. The Hall–Kier alpha value is -2.89. The first-order chi connectivity index (χ1) is 14.4. The summed E-state index contributed by atoms with van der Waals surface area (Å²) in [5.74, 6) is -0.476. The fourth-order valence-corrected chi connectivity index (χ4v) is 3.84. The Balaban J connectivity index is 1.95. The Kier molecular flexibility index (Phi) is 6.12. The number of sulfonamides is 1. The highest BCUT2D eigenvalue weighted by atomic mass is 35.5. The van der Waals surface area contributed by atoms with Gasteiger partial charge >= 0.3 is 6.18 Å². The molecule has 0 atom stereocenters. The summed E-state index contributed by atoms with van der Waals surface area (Å²) in [6, 6.07) is 10.3. The molecule has 1 aromatic heterocycles. The maximum atomic E-state index is 13.1. The molecule has 0 fully saturated rings. The van der Waals surface area contributed by atoms with Crippen molar-refractivity contribution in [1.29, 1.82) is 0 Å². The van der Waals surface area contributed by atoms with Crippen LogP contribution in [0, 0.1) is 6.92 Å². The monoisotopic (exact) mass is 472 g/mol. The molecule has 0 aliphatic carbocycles. The zero-order valence-electron chi connectivity index (χ0n) is 15.9. The number of benzene rings is 2. The van der Waals surface area contributed by atoms with Crippen molar-refractivity contribution in [3.8, 4) is 5.69 Å². The molecule has 0 unspecified atom stereocenters. The van der Waals surface area contributed by atoms with Gasteiger partial charge < -0.3 is 5.32 Å². The van der Waals surface area contributed by atoms with Crippen LogP contribution in [-0.4, -0.2) is 24.1 Å². The van der Waals surface area contributed by atoms with E-state index in [2.05, 4.69) is 10.4 Å². The van der Waals surface area contributed by atoms with Crippen LogP contribution in [0.1, 0.15) is 16.8 Å². The lowest BCUT2D eigenvalue weighted by molar-refractivity contribution is -0.141. The van der Waals surface area contributed by atoms with E-state index in [9.17, 15) is 26.4 Å². The van der Waals surface area contributed by atoms with E-state index in [1.54, 1.807) is 24.3 Å². The van der Waals surface area contributed by atoms with E-state index >= 15 is 0 Å². The molecule has 0 bridgehead atoms. The first kappa shape index (κ1) is 22.8. The maximum absolute atomic E-state index is 13.1. The zero-order chi connectivity index (χ0) is 23.0. The van der Waals surface area contributed by atoms with E-state index in [-0.39, 0.29) is 23.4 Å². The topological polar surface area (TPSA) is 107 Å². The van der Waals surface area contributed by atoms with Crippen molar-refractivity contribution < 1.29 is 26.4 Å². The Bertz CT molecular complexity index is 1260. The van der Waals surface area contributed by atoms with E-state index in [4.69, 9.17) is 16.7 Å². The Labute approximate surface area is 180 Å². The largest absolute Gasteiger partial charge is 0.435 e. The van der Waals surface area contributed by atoms with Gasteiger partial charge in [-0.2, -0.15) is 18.3 Å². The maximum Gasteiger partial charge on any atom is 0.435 e. The average molecular weight is 473 g/mol. The molecule has 1 amide bonds. The van der Waals surface area contributed by atoms with Crippen molar-refractivity contribution >= 4 is 33.2 Å². The van der Waals surface area contributed by atoms with Crippen molar-refractivity contribution in [2.75, 3.05) is 5.32 Å². The molecule has 2 aromatic carbocycles. The number of amides is 1. The van der Waals surface area contributed by atoms with Crippen LogP contribution in [-0.2, 0) is 27.4 Å². The van der Waals surface area contributed by atoms with Gasteiger partial charge in [-0.3, -0.25) is 4.79 Å². The van der Waals surface area contributed by atoms with Crippen LogP contribution in [0.3, 0.4) is 0 Å². The summed E-state index contributed by atoms with van der Waals surface area (Å²) in [5, 5.41) is 11.6. The van der Waals surface area contributed by atoms with Gasteiger partial charge in [-0.05, 0) is 42.3 Å². The molecule has 7 nitrogen and oxygen atoms in total. The number of anilines is 1. The number of halogens is 4. The van der Waals surface area contributed by atoms with Crippen LogP contribution in [0.4, 0.5) is 18.9 Å². The first-order valence-corrected chi connectivity index (χ1v) is 10.6. The number of aryl methyl sites for hydroxylation is 1. The summed E-state index contributed by atoms with van der Waals surface area (Å²) >= 11 is 6.03. The van der Waals surface area contributed by atoms with Gasteiger partial charge in [-0.25, -0.2) is 18.2 Å². The Morgan fingerprint density at radius 3 is 2.48 bits per heavy atom. The number of nitrogens with one attached hydrogen (secondary N) is 1. The number of hydrogen-bond donors (Lipinski definition) is 2. The summed E-state index contributed by atoms with van der Waals surface area (Å²) in [6.45, 7) is 1.20. The van der Waals surface area contributed by atoms with Crippen LogP contribution < -0.4 is 10.5 Å². The predicted molar refractivity (Wildman–Crippen MR) is 108 cm³/mol.